The van der Waals surface area contributed by atoms with Crippen molar-refractivity contribution in [1.82, 2.24) is 9.97 Å². The summed E-state index contributed by atoms with van der Waals surface area (Å²) < 4.78 is 0. The quantitative estimate of drug-likeness (QED) is 0.788. The van der Waals surface area contributed by atoms with Crippen molar-refractivity contribution < 1.29 is 4.79 Å². The standard InChI is InChI=1S/C13H14N4O/c1-8-3-11(14)12(4-9(8)2)17-13(18)10-5-15-7-16-6-10/h3-7H,14H2,1-2H3,(H,17,18). The van der Waals surface area contributed by atoms with E-state index in [1.165, 1.54) is 18.7 Å². The molecule has 1 heterocycles. The second-order valence-electron chi connectivity index (χ2n) is 4.10. The number of nitrogens with two attached hydrogens (primary N) is 1. The molecule has 1 amide bonds. The Balaban J connectivity index is 2.25. The molecule has 0 aliphatic rings. The first kappa shape index (κ1) is 12.0. The molecule has 2 rings (SSSR count). The van der Waals surface area contributed by atoms with Crippen LogP contribution in [0.3, 0.4) is 0 Å². The maximum atomic E-state index is 11.9. The summed E-state index contributed by atoms with van der Waals surface area (Å²) >= 11 is 0. The Labute approximate surface area is 105 Å². The predicted molar refractivity (Wildman–Crippen MR) is 70.3 cm³/mol. The number of rotatable bonds is 2. The van der Waals surface area contributed by atoms with E-state index < -0.39 is 0 Å². The van der Waals surface area contributed by atoms with Crippen molar-refractivity contribution in [3.05, 3.63) is 47.5 Å². The van der Waals surface area contributed by atoms with E-state index in [-0.39, 0.29) is 5.91 Å². The van der Waals surface area contributed by atoms with Crippen LogP contribution in [0.25, 0.3) is 0 Å². The summed E-state index contributed by atoms with van der Waals surface area (Å²) in [6.07, 6.45) is 4.29. The first-order valence-electron chi connectivity index (χ1n) is 5.51. The number of benzene rings is 1. The summed E-state index contributed by atoms with van der Waals surface area (Å²) in [5, 5.41) is 2.75. The highest BCUT2D eigenvalue weighted by Gasteiger charge is 2.09. The van der Waals surface area contributed by atoms with Crippen molar-refractivity contribution in [3.8, 4) is 0 Å². The maximum absolute atomic E-state index is 11.9. The summed E-state index contributed by atoms with van der Waals surface area (Å²) in [5.74, 6) is -0.273. The summed E-state index contributed by atoms with van der Waals surface area (Å²) in [5.41, 5.74) is 9.58. The molecule has 0 aliphatic carbocycles. The minimum absolute atomic E-state index is 0.273. The molecule has 92 valence electrons. The molecule has 18 heavy (non-hydrogen) atoms. The topological polar surface area (TPSA) is 80.9 Å². The van der Waals surface area contributed by atoms with Gasteiger partial charge >= 0.3 is 0 Å². The predicted octanol–water partition coefficient (Wildman–Crippen LogP) is 1.93. The van der Waals surface area contributed by atoms with Gasteiger partial charge in [-0.2, -0.15) is 0 Å². The van der Waals surface area contributed by atoms with E-state index in [0.717, 1.165) is 11.1 Å². The lowest BCUT2D eigenvalue weighted by Gasteiger charge is -2.10. The molecule has 0 saturated carbocycles. The molecule has 5 heteroatoms. The SMILES string of the molecule is Cc1cc(N)c(NC(=O)c2cncnc2)cc1C. The first-order chi connectivity index (χ1) is 8.58. The van der Waals surface area contributed by atoms with E-state index in [1.807, 2.05) is 26.0 Å². The Morgan fingerprint density at radius 1 is 1.17 bits per heavy atom. The third-order valence-corrected chi connectivity index (χ3v) is 2.74. The number of carbonyl (C=O) groups excluding carboxylic acids is 1. The second kappa shape index (κ2) is 4.83. The molecule has 0 aliphatic heterocycles. The number of carbonyl (C=O) groups is 1. The lowest BCUT2D eigenvalue weighted by atomic mass is 10.1. The van der Waals surface area contributed by atoms with Crippen LogP contribution < -0.4 is 11.1 Å². The summed E-state index contributed by atoms with van der Waals surface area (Å²) in [6, 6.07) is 3.69. The molecular weight excluding hydrogens is 228 g/mol. The molecule has 5 nitrogen and oxygen atoms in total. The van der Waals surface area contributed by atoms with Crippen LogP contribution in [0.15, 0.2) is 30.9 Å². The Hall–Kier alpha value is -2.43. The lowest BCUT2D eigenvalue weighted by Crippen LogP contribution is -2.14. The number of nitrogens with zero attached hydrogens (tertiary/aromatic N) is 2. The molecule has 0 bridgehead atoms. The molecule has 0 spiro atoms. The molecule has 1 aromatic heterocycles. The van der Waals surface area contributed by atoms with Gasteiger partial charge in [0.15, 0.2) is 0 Å². The summed E-state index contributed by atoms with van der Waals surface area (Å²) in [4.78, 5) is 19.5. The van der Waals surface area contributed by atoms with Crippen molar-refractivity contribution in [1.29, 1.82) is 0 Å². The highest BCUT2D eigenvalue weighted by molar-refractivity contribution is 6.05. The normalized spacial score (nSPS) is 10.1. The van der Waals surface area contributed by atoms with E-state index >= 15 is 0 Å². The van der Waals surface area contributed by atoms with Gasteiger partial charge in [-0.05, 0) is 37.1 Å². The highest BCUT2D eigenvalue weighted by Crippen LogP contribution is 2.23. The van der Waals surface area contributed by atoms with Gasteiger partial charge in [0, 0.05) is 12.4 Å². The molecule has 0 radical (unpaired) electrons. The fraction of sp³-hybridized carbons (Fsp3) is 0.154. The molecule has 0 saturated heterocycles. The number of amides is 1. The zero-order valence-electron chi connectivity index (χ0n) is 10.3. The molecule has 0 unspecified atom stereocenters. The van der Waals surface area contributed by atoms with Crippen LogP contribution >= 0.6 is 0 Å². The maximum Gasteiger partial charge on any atom is 0.258 e. The second-order valence-corrected chi connectivity index (χ2v) is 4.10. The average Bonchev–Trinajstić information content (AvgIpc) is 2.37. The average molecular weight is 242 g/mol. The number of hydrogen-bond donors (Lipinski definition) is 2. The number of anilines is 2. The molecule has 3 N–H and O–H groups in total. The van der Waals surface area contributed by atoms with Crippen LogP contribution in [0.1, 0.15) is 21.5 Å². The van der Waals surface area contributed by atoms with E-state index in [9.17, 15) is 4.79 Å². The van der Waals surface area contributed by atoms with Gasteiger partial charge in [-0.1, -0.05) is 0 Å². The van der Waals surface area contributed by atoms with Gasteiger partial charge in [0.1, 0.15) is 6.33 Å². The van der Waals surface area contributed by atoms with Crippen LogP contribution in [0.5, 0.6) is 0 Å². The van der Waals surface area contributed by atoms with E-state index in [1.54, 1.807) is 0 Å². The van der Waals surface area contributed by atoms with Crippen LogP contribution in [0, 0.1) is 13.8 Å². The van der Waals surface area contributed by atoms with Gasteiger partial charge in [0.25, 0.3) is 5.91 Å². The van der Waals surface area contributed by atoms with E-state index in [2.05, 4.69) is 15.3 Å². The van der Waals surface area contributed by atoms with Gasteiger partial charge in [0.05, 0.1) is 16.9 Å². The van der Waals surface area contributed by atoms with Crippen LogP contribution in [0.4, 0.5) is 11.4 Å². The fourth-order valence-electron chi connectivity index (χ4n) is 1.56. The Bertz CT molecular complexity index is 581. The zero-order chi connectivity index (χ0) is 13.1. The molecule has 0 fully saturated rings. The van der Waals surface area contributed by atoms with E-state index in [4.69, 9.17) is 5.73 Å². The van der Waals surface area contributed by atoms with Gasteiger partial charge in [-0.3, -0.25) is 4.79 Å². The van der Waals surface area contributed by atoms with Crippen molar-refractivity contribution in [2.24, 2.45) is 0 Å². The fourth-order valence-corrected chi connectivity index (χ4v) is 1.56. The van der Waals surface area contributed by atoms with Crippen LogP contribution in [-0.4, -0.2) is 15.9 Å². The van der Waals surface area contributed by atoms with Crippen LogP contribution in [-0.2, 0) is 0 Å². The zero-order valence-corrected chi connectivity index (χ0v) is 10.3. The largest absolute Gasteiger partial charge is 0.397 e. The van der Waals surface area contributed by atoms with Crippen molar-refractivity contribution in [3.63, 3.8) is 0 Å². The Morgan fingerprint density at radius 3 is 2.44 bits per heavy atom. The van der Waals surface area contributed by atoms with Gasteiger partial charge in [0.2, 0.25) is 0 Å². The highest BCUT2D eigenvalue weighted by atomic mass is 16.1. The van der Waals surface area contributed by atoms with Crippen LogP contribution in [0.2, 0.25) is 0 Å². The summed E-state index contributed by atoms with van der Waals surface area (Å²) in [6.45, 7) is 3.94. The molecule has 0 atom stereocenters. The van der Waals surface area contributed by atoms with Crippen molar-refractivity contribution in [2.75, 3.05) is 11.1 Å². The van der Waals surface area contributed by atoms with Gasteiger partial charge in [-0.25, -0.2) is 9.97 Å². The molecular formula is C13H14N4O. The van der Waals surface area contributed by atoms with Gasteiger partial charge in [-0.15, -0.1) is 0 Å². The Morgan fingerprint density at radius 2 is 1.78 bits per heavy atom. The first-order valence-corrected chi connectivity index (χ1v) is 5.51. The van der Waals surface area contributed by atoms with Crippen molar-refractivity contribution in [2.45, 2.75) is 13.8 Å². The summed E-state index contributed by atoms with van der Waals surface area (Å²) in [7, 11) is 0. The number of aromatic nitrogens is 2. The third kappa shape index (κ3) is 2.45. The number of nitrogens with one attached hydrogen (secondary N) is 1. The monoisotopic (exact) mass is 242 g/mol. The van der Waals surface area contributed by atoms with E-state index in [0.29, 0.717) is 16.9 Å². The number of aryl methyl sites for hydroxylation is 2. The van der Waals surface area contributed by atoms with Gasteiger partial charge < -0.3 is 11.1 Å². The minimum Gasteiger partial charge on any atom is -0.397 e. The lowest BCUT2D eigenvalue weighted by molar-refractivity contribution is 0.102. The smallest absolute Gasteiger partial charge is 0.258 e. The molecule has 2 aromatic rings. The number of nitrogen functional groups attached to an aromatic ring is 1. The number of hydrogen-bond acceptors (Lipinski definition) is 4. The third-order valence-electron chi connectivity index (χ3n) is 2.74. The Kier molecular flexibility index (Phi) is 3.23. The van der Waals surface area contributed by atoms with Crippen molar-refractivity contribution >= 4 is 17.3 Å². The molecule has 1 aromatic carbocycles. The minimum atomic E-state index is -0.273.